The van der Waals surface area contributed by atoms with Crippen molar-refractivity contribution < 1.29 is 9.59 Å². The van der Waals surface area contributed by atoms with E-state index in [0.717, 1.165) is 11.3 Å². The standard InChI is InChI=1S/C18H19ClN2O2/c1-13-7-9-15(10-8-13)20-18(23)11-12-21(14(2)22)17-6-4-3-5-16(17)19/h3-10H,11-12H2,1-2H3,(H,20,23). The average molecular weight is 331 g/mol. The summed E-state index contributed by atoms with van der Waals surface area (Å²) in [5, 5.41) is 3.31. The molecule has 5 heteroatoms. The number of aryl methyl sites for hydroxylation is 1. The molecule has 0 fully saturated rings. The largest absolute Gasteiger partial charge is 0.326 e. The second-order valence-electron chi connectivity index (χ2n) is 5.29. The first-order chi connectivity index (χ1) is 11.0. The van der Waals surface area contributed by atoms with Crippen LogP contribution in [-0.4, -0.2) is 18.4 Å². The fourth-order valence-electron chi connectivity index (χ4n) is 2.19. The van der Waals surface area contributed by atoms with Gasteiger partial charge in [0, 0.05) is 25.6 Å². The third kappa shape index (κ3) is 4.83. The van der Waals surface area contributed by atoms with Crippen LogP contribution >= 0.6 is 11.6 Å². The number of nitrogens with zero attached hydrogens (tertiary/aromatic N) is 1. The summed E-state index contributed by atoms with van der Waals surface area (Å²) in [5.41, 5.74) is 2.49. The third-order valence-electron chi connectivity index (χ3n) is 3.42. The third-order valence-corrected chi connectivity index (χ3v) is 3.74. The summed E-state index contributed by atoms with van der Waals surface area (Å²) in [7, 11) is 0. The number of anilines is 2. The van der Waals surface area contributed by atoms with E-state index in [4.69, 9.17) is 11.6 Å². The van der Waals surface area contributed by atoms with Crippen LogP contribution in [0, 0.1) is 6.92 Å². The minimum atomic E-state index is -0.152. The maximum Gasteiger partial charge on any atom is 0.226 e. The average Bonchev–Trinajstić information content (AvgIpc) is 2.51. The highest BCUT2D eigenvalue weighted by Crippen LogP contribution is 2.25. The van der Waals surface area contributed by atoms with Crippen molar-refractivity contribution in [2.24, 2.45) is 0 Å². The van der Waals surface area contributed by atoms with E-state index in [1.807, 2.05) is 37.3 Å². The Balaban J connectivity index is 1.99. The van der Waals surface area contributed by atoms with Crippen LogP contribution in [0.15, 0.2) is 48.5 Å². The summed E-state index contributed by atoms with van der Waals surface area (Å²) in [5.74, 6) is -0.298. The first-order valence-corrected chi connectivity index (χ1v) is 7.74. The maximum absolute atomic E-state index is 12.1. The van der Waals surface area contributed by atoms with Gasteiger partial charge in [-0.05, 0) is 31.2 Å². The lowest BCUT2D eigenvalue weighted by molar-refractivity contribution is -0.117. The van der Waals surface area contributed by atoms with Crippen molar-refractivity contribution in [2.75, 3.05) is 16.8 Å². The summed E-state index contributed by atoms with van der Waals surface area (Å²) < 4.78 is 0. The molecule has 23 heavy (non-hydrogen) atoms. The molecule has 1 N–H and O–H groups in total. The van der Waals surface area contributed by atoms with E-state index >= 15 is 0 Å². The molecule has 0 saturated heterocycles. The van der Waals surface area contributed by atoms with Crippen molar-refractivity contribution in [3.05, 3.63) is 59.1 Å². The fraction of sp³-hybridized carbons (Fsp3) is 0.222. The Morgan fingerprint density at radius 2 is 1.74 bits per heavy atom. The van der Waals surface area contributed by atoms with Crippen LogP contribution in [0.25, 0.3) is 0 Å². The molecule has 2 aromatic rings. The molecule has 2 rings (SSSR count). The van der Waals surface area contributed by atoms with Crippen molar-refractivity contribution in [3.8, 4) is 0 Å². The number of halogens is 1. The molecule has 0 aliphatic rings. The number of carbonyl (C=O) groups is 2. The van der Waals surface area contributed by atoms with E-state index in [9.17, 15) is 9.59 Å². The fourth-order valence-corrected chi connectivity index (χ4v) is 2.43. The number of nitrogens with one attached hydrogen (secondary N) is 1. The van der Waals surface area contributed by atoms with Crippen LogP contribution in [0.1, 0.15) is 18.9 Å². The number of benzene rings is 2. The van der Waals surface area contributed by atoms with E-state index in [2.05, 4.69) is 5.32 Å². The van der Waals surface area contributed by atoms with E-state index in [1.165, 1.54) is 11.8 Å². The van der Waals surface area contributed by atoms with Crippen molar-refractivity contribution >= 4 is 34.8 Å². The number of carbonyl (C=O) groups excluding carboxylic acids is 2. The molecular weight excluding hydrogens is 312 g/mol. The summed E-state index contributed by atoms with van der Waals surface area (Å²) >= 11 is 6.13. The van der Waals surface area contributed by atoms with Gasteiger partial charge in [-0.2, -0.15) is 0 Å². The first-order valence-electron chi connectivity index (χ1n) is 7.36. The van der Waals surface area contributed by atoms with Crippen LogP contribution in [0.3, 0.4) is 0 Å². The molecule has 0 aromatic heterocycles. The molecule has 2 amide bonds. The van der Waals surface area contributed by atoms with Gasteiger partial charge in [0.1, 0.15) is 0 Å². The van der Waals surface area contributed by atoms with Crippen LogP contribution in [0.5, 0.6) is 0 Å². The van der Waals surface area contributed by atoms with Gasteiger partial charge in [0.05, 0.1) is 10.7 Å². The zero-order valence-corrected chi connectivity index (χ0v) is 13.9. The highest BCUT2D eigenvalue weighted by atomic mass is 35.5. The minimum Gasteiger partial charge on any atom is -0.326 e. The van der Waals surface area contributed by atoms with Gasteiger partial charge in [0.25, 0.3) is 0 Å². The van der Waals surface area contributed by atoms with Crippen molar-refractivity contribution in [1.29, 1.82) is 0 Å². The summed E-state index contributed by atoms with van der Waals surface area (Å²) in [6.45, 7) is 3.72. The van der Waals surface area contributed by atoms with Gasteiger partial charge < -0.3 is 10.2 Å². The Kier molecular flexibility index (Phi) is 5.77. The van der Waals surface area contributed by atoms with E-state index in [0.29, 0.717) is 10.7 Å². The molecule has 0 aliphatic carbocycles. The second kappa shape index (κ2) is 7.79. The molecule has 2 aromatic carbocycles. The molecule has 0 atom stereocenters. The summed E-state index contributed by atoms with van der Waals surface area (Å²) in [4.78, 5) is 25.4. The van der Waals surface area contributed by atoms with Gasteiger partial charge in [-0.15, -0.1) is 0 Å². The van der Waals surface area contributed by atoms with Gasteiger partial charge in [-0.1, -0.05) is 41.4 Å². The Bertz CT molecular complexity index is 698. The van der Waals surface area contributed by atoms with Gasteiger partial charge in [0.15, 0.2) is 0 Å². The summed E-state index contributed by atoms with van der Waals surface area (Å²) in [6, 6.07) is 14.7. The molecular formula is C18H19ClN2O2. The zero-order chi connectivity index (χ0) is 16.8. The molecule has 0 spiro atoms. The Hall–Kier alpha value is -2.33. The predicted molar refractivity (Wildman–Crippen MR) is 93.9 cm³/mol. The van der Waals surface area contributed by atoms with Crippen molar-refractivity contribution in [1.82, 2.24) is 0 Å². The monoisotopic (exact) mass is 330 g/mol. The molecule has 0 saturated carbocycles. The number of hydrogen-bond donors (Lipinski definition) is 1. The quantitative estimate of drug-likeness (QED) is 0.899. The maximum atomic E-state index is 12.1. The topological polar surface area (TPSA) is 49.4 Å². The highest BCUT2D eigenvalue weighted by molar-refractivity contribution is 6.33. The van der Waals surface area contributed by atoms with Crippen LogP contribution in [0.4, 0.5) is 11.4 Å². The molecule has 0 radical (unpaired) electrons. The number of amides is 2. The molecule has 4 nitrogen and oxygen atoms in total. The normalized spacial score (nSPS) is 10.2. The number of para-hydroxylation sites is 1. The van der Waals surface area contributed by atoms with E-state index in [1.54, 1.807) is 18.2 Å². The van der Waals surface area contributed by atoms with Gasteiger partial charge in [0.2, 0.25) is 11.8 Å². The van der Waals surface area contributed by atoms with E-state index < -0.39 is 0 Å². The summed E-state index contributed by atoms with van der Waals surface area (Å²) in [6.07, 6.45) is 0.193. The Morgan fingerprint density at radius 1 is 1.09 bits per heavy atom. The molecule has 0 heterocycles. The van der Waals surface area contributed by atoms with Crippen molar-refractivity contribution in [3.63, 3.8) is 0 Å². The van der Waals surface area contributed by atoms with Crippen LogP contribution < -0.4 is 10.2 Å². The Morgan fingerprint density at radius 3 is 2.35 bits per heavy atom. The lowest BCUT2D eigenvalue weighted by Crippen LogP contribution is -2.32. The Labute approximate surface area is 141 Å². The zero-order valence-electron chi connectivity index (χ0n) is 13.2. The SMILES string of the molecule is CC(=O)N(CCC(=O)Nc1ccc(C)cc1)c1ccccc1Cl. The van der Waals surface area contributed by atoms with Gasteiger partial charge in [-0.3, -0.25) is 9.59 Å². The first kappa shape index (κ1) is 17.0. The number of rotatable bonds is 5. The predicted octanol–water partition coefficient (Wildman–Crippen LogP) is 4.03. The van der Waals surface area contributed by atoms with Crippen molar-refractivity contribution in [2.45, 2.75) is 20.3 Å². The molecule has 0 bridgehead atoms. The van der Waals surface area contributed by atoms with Crippen LogP contribution in [0.2, 0.25) is 5.02 Å². The van der Waals surface area contributed by atoms with E-state index in [-0.39, 0.29) is 24.8 Å². The lowest BCUT2D eigenvalue weighted by atomic mass is 10.2. The molecule has 120 valence electrons. The van der Waals surface area contributed by atoms with Gasteiger partial charge in [-0.25, -0.2) is 0 Å². The van der Waals surface area contributed by atoms with Gasteiger partial charge >= 0.3 is 0 Å². The molecule has 0 aliphatic heterocycles. The van der Waals surface area contributed by atoms with Crippen LogP contribution in [-0.2, 0) is 9.59 Å². The smallest absolute Gasteiger partial charge is 0.226 e. The highest BCUT2D eigenvalue weighted by Gasteiger charge is 2.15. The minimum absolute atomic E-state index is 0.146. The second-order valence-corrected chi connectivity index (χ2v) is 5.69. The molecule has 0 unspecified atom stereocenters. The lowest BCUT2D eigenvalue weighted by Gasteiger charge is -2.22. The number of hydrogen-bond acceptors (Lipinski definition) is 2.